The topological polar surface area (TPSA) is 0 Å². The second-order valence-corrected chi connectivity index (χ2v) is 2.61. The molecular formula is C7H13F3. The molecule has 0 saturated carbocycles. The molecule has 0 aromatic heterocycles. The van der Waals surface area contributed by atoms with Crippen LogP contribution in [0.4, 0.5) is 13.2 Å². The average Bonchev–Trinajstić information content (AvgIpc) is 1.81. The van der Waals surface area contributed by atoms with E-state index in [1.54, 1.807) is 6.92 Å². The minimum Gasteiger partial charge on any atom is -0.248 e. The molecule has 0 aliphatic heterocycles. The predicted molar refractivity (Wildman–Crippen MR) is 35.0 cm³/mol. The van der Waals surface area contributed by atoms with Crippen molar-refractivity contribution in [3.8, 4) is 0 Å². The summed E-state index contributed by atoms with van der Waals surface area (Å²) in [5, 5.41) is 0. The van der Waals surface area contributed by atoms with Crippen molar-refractivity contribution in [2.45, 2.75) is 45.2 Å². The van der Waals surface area contributed by atoms with Crippen LogP contribution in [0.1, 0.15) is 33.1 Å². The molecule has 10 heavy (non-hydrogen) atoms. The number of hydrogen-bond acceptors (Lipinski definition) is 0. The van der Waals surface area contributed by atoms with E-state index in [9.17, 15) is 13.2 Å². The molecule has 0 saturated heterocycles. The van der Waals surface area contributed by atoms with Gasteiger partial charge in [-0.1, -0.05) is 6.92 Å². The highest BCUT2D eigenvalue weighted by molar-refractivity contribution is 4.62. The quantitative estimate of drug-likeness (QED) is 0.583. The highest BCUT2D eigenvalue weighted by Gasteiger charge is 2.21. The van der Waals surface area contributed by atoms with E-state index in [0.717, 1.165) is 6.92 Å². The third-order valence-corrected chi connectivity index (χ3v) is 1.34. The third kappa shape index (κ3) is 5.92. The zero-order valence-electron chi connectivity index (χ0n) is 6.33. The zero-order valence-corrected chi connectivity index (χ0v) is 6.33. The van der Waals surface area contributed by atoms with Crippen LogP contribution in [0.15, 0.2) is 0 Å². The van der Waals surface area contributed by atoms with E-state index >= 15 is 0 Å². The molecule has 62 valence electrons. The van der Waals surface area contributed by atoms with Gasteiger partial charge >= 0.3 is 0 Å². The second kappa shape index (κ2) is 3.84. The summed E-state index contributed by atoms with van der Waals surface area (Å²) in [6.45, 7) is 2.47. The minimum atomic E-state index is -2.71. The van der Waals surface area contributed by atoms with Crippen LogP contribution in [0.3, 0.4) is 0 Å². The molecule has 0 N–H and O–H groups in total. The standard InChI is InChI=1S/C7H13F3/c1-3-6(8)4-5-7(2,9)10/h6H,3-5H2,1-2H3/t6-/m0/s1. The van der Waals surface area contributed by atoms with Gasteiger partial charge in [0.05, 0.1) is 0 Å². The first-order valence-electron chi connectivity index (χ1n) is 3.47. The average molecular weight is 154 g/mol. The molecule has 0 aliphatic rings. The molecule has 0 aromatic carbocycles. The Hall–Kier alpha value is -0.210. The summed E-state index contributed by atoms with van der Waals surface area (Å²) in [5.41, 5.74) is 0. The summed E-state index contributed by atoms with van der Waals surface area (Å²) >= 11 is 0. The number of rotatable bonds is 4. The van der Waals surface area contributed by atoms with E-state index in [1.807, 2.05) is 0 Å². The van der Waals surface area contributed by atoms with Crippen LogP contribution in [-0.2, 0) is 0 Å². The summed E-state index contributed by atoms with van der Waals surface area (Å²) in [6, 6.07) is 0. The molecule has 0 aliphatic carbocycles. The second-order valence-electron chi connectivity index (χ2n) is 2.61. The Morgan fingerprint density at radius 2 is 1.90 bits per heavy atom. The fourth-order valence-corrected chi connectivity index (χ4v) is 0.614. The Labute approximate surface area is 59.4 Å². The number of halogens is 3. The van der Waals surface area contributed by atoms with Gasteiger partial charge in [-0.05, 0) is 19.8 Å². The van der Waals surface area contributed by atoms with Gasteiger partial charge in [-0.15, -0.1) is 0 Å². The van der Waals surface area contributed by atoms with Crippen molar-refractivity contribution in [3.05, 3.63) is 0 Å². The van der Waals surface area contributed by atoms with Crippen molar-refractivity contribution in [1.82, 2.24) is 0 Å². The highest BCUT2D eigenvalue weighted by Crippen LogP contribution is 2.21. The van der Waals surface area contributed by atoms with Crippen LogP contribution in [0, 0.1) is 0 Å². The van der Waals surface area contributed by atoms with E-state index in [1.165, 1.54) is 0 Å². The van der Waals surface area contributed by atoms with E-state index in [-0.39, 0.29) is 12.8 Å². The number of alkyl halides is 3. The van der Waals surface area contributed by atoms with Gasteiger partial charge in [0.15, 0.2) is 0 Å². The van der Waals surface area contributed by atoms with Gasteiger partial charge in [-0.25, -0.2) is 13.2 Å². The molecule has 0 heterocycles. The van der Waals surface area contributed by atoms with Crippen LogP contribution in [-0.4, -0.2) is 12.1 Å². The van der Waals surface area contributed by atoms with E-state index in [0.29, 0.717) is 6.42 Å². The fraction of sp³-hybridized carbons (Fsp3) is 1.00. The summed E-state index contributed by atoms with van der Waals surface area (Å²) in [4.78, 5) is 0. The molecule has 1 atom stereocenters. The first-order valence-corrected chi connectivity index (χ1v) is 3.47. The van der Waals surface area contributed by atoms with Crippen molar-refractivity contribution in [1.29, 1.82) is 0 Å². The van der Waals surface area contributed by atoms with Gasteiger partial charge in [0.2, 0.25) is 5.92 Å². The summed E-state index contributed by atoms with van der Waals surface area (Å²) < 4.78 is 36.4. The molecule has 0 unspecified atom stereocenters. The van der Waals surface area contributed by atoms with Crippen LogP contribution in [0.5, 0.6) is 0 Å². The lowest BCUT2D eigenvalue weighted by molar-refractivity contribution is 0.00450. The normalized spacial score (nSPS) is 15.3. The summed E-state index contributed by atoms with van der Waals surface area (Å²) in [5.74, 6) is -2.71. The Bertz CT molecular complexity index is 85.3. The summed E-state index contributed by atoms with van der Waals surface area (Å²) in [7, 11) is 0. The number of hydrogen-bond donors (Lipinski definition) is 0. The molecule has 0 rings (SSSR count). The van der Waals surface area contributed by atoms with Crippen LogP contribution in [0.25, 0.3) is 0 Å². The zero-order chi connectivity index (χ0) is 8.20. The molecule has 0 nitrogen and oxygen atoms in total. The highest BCUT2D eigenvalue weighted by atomic mass is 19.3. The maximum atomic E-state index is 12.3. The molecular weight excluding hydrogens is 141 g/mol. The Kier molecular flexibility index (Phi) is 3.76. The Morgan fingerprint density at radius 3 is 2.20 bits per heavy atom. The van der Waals surface area contributed by atoms with Gasteiger partial charge in [0.1, 0.15) is 6.17 Å². The molecule has 0 amide bonds. The first kappa shape index (κ1) is 9.79. The van der Waals surface area contributed by atoms with Crippen LogP contribution < -0.4 is 0 Å². The van der Waals surface area contributed by atoms with Gasteiger partial charge < -0.3 is 0 Å². The lowest BCUT2D eigenvalue weighted by Crippen LogP contribution is -2.12. The van der Waals surface area contributed by atoms with Gasteiger partial charge in [-0.3, -0.25) is 0 Å². The van der Waals surface area contributed by atoms with Gasteiger partial charge in [-0.2, -0.15) is 0 Å². The van der Waals surface area contributed by atoms with Crippen molar-refractivity contribution < 1.29 is 13.2 Å². The van der Waals surface area contributed by atoms with Crippen LogP contribution >= 0.6 is 0 Å². The van der Waals surface area contributed by atoms with Gasteiger partial charge in [0, 0.05) is 6.42 Å². The van der Waals surface area contributed by atoms with E-state index < -0.39 is 12.1 Å². The molecule has 3 heteroatoms. The predicted octanol–water partition coefficient (Wildman–Crippen LogP) is 3.17. The third-order valence-electron chi connectivity index (χ3n) is 1.34. The lowest BCUT2D eigenvalue weighted by Gasteiger charge is -2.10. The van der Waals surface area contributed by atoms with Crippen molar-refractivity contribution in [3.63, 3.8) is 0 Å². The Balaban J connectivity index is 3.36. The maximum absolute atomic E-state index is 12.3. The maximum Gasteiger partial charge on any atom is 0.245 e. The molecule has 0 fully saturated rings. The lowest BCUT2D eigenvalue weighted by atomic mass is 10.1. The van der Waals surface area contributed by atoms with E-state index in [4.69, 9.17) is 0 Å². The van der Waals surface area contributed by atoms with Gasteiger partial charge in [0.25, 0.3) is 0 Å². The monoisotopic (exact) mass is 154 g/mol. The molecule has 0 aromatic rings. The molecule has 0 radical (unpaired) electrons. The SMILES string of the molecule is CC[C@H](F)CCC(C)(F)F. The minimum absolute atomic E-state index is 0.0278. The largest absolute Gasteiger partial charge is 0.248 e. The molecule has 0 spiro atoms. The van der Waals surface area contributed by atoms with Crippen molar-refractivity contribution in [2.75, 3.05) is 0 Å². The van der Waals surface area contributed by atoms with Crippen molar-refractivity contribution in [2.24, 2.45) is 0 Å². The smallest absolute Gasteiger partial charge is 0.245 e. The van der Waals surface area contributed by atoms with Crippen LogP contribution in [0.2, 0.25) is 0 Å². The molecule has 0 bridgehead atoms. The van der Waals surface area contributed by atoms with E-state index in [2.05, 4.69) is 0 Å². The van der Waals surface area contributed by atoms with Crippen molar-refractivity contribution >= 4 is 0 Å². The Morgan fingerprint density at radius 1 is 1.40 bits per heavy atom. The summed E-state index contributed by atoms with van der Waals surface area (Å²) in [6.07, 6.45) is -1.11. The fourth-order valence-electron chi connectivity index (χ4n) is 0.614. The first-order chi connectivity index (χ1) is 4.45.